The normalized spacial score (nSPS) is 11.1. The second kappa shape index (κ2) is 5.95. The number of hydrogen-bond donors (Lipinski definition) is 1. The average Bonchev–Trinajstić information content (AvgIpc) is 2.66. The van der Waals surface area contributed by atoms with Crippen LogP contribution in [0.4, 0.5) is 5.69 Å². The molecular formula is C17H21N3O. The lowest BCUT2D eigenvalue weighted by atomic mass is 10.1. The minimum absolute atomic E-state index is 0.133. The van der Waals surface area contributed by atoms with E-state index in [0.717, 1.165) is 33.8 Å². The Bertz CT molecular complexity index is 711. The van der Waals surface area contributed by atoms with Gasteiger partial charge in [-0.25, -0.2) is 0 Å². The van der Waals surface area contributed by atoms with Gasteiger partial charge in [-0.1, -0.05) is 12.1 Å². The summed E-state index contributed by atoms with van der Waals surface area (Å²) < 4.78 is 1.82. The predicted molar refractivity (Wildman–Crippen MR) is 86.3 cm³/mol. The van der Waals surface area contributed by atoms with E-state index in [9.17, 15) is 4.79 Å². The quantitative estimate of drug-likeness (QED) is 0.878. The Morgan fingerprint density at radius 1 is 1.24 bits per heavy atom. The first-order valence-corrected chi connectivity index (χ1v) is 6.95. The van der Waals surface area contributed by atoms with Crippen LogP contribution in [-0.4, -0.2) is 15.7 Å². The molecule has 0 aliphatic rings. The van der Waals surface area contributed by atoms with Gasteiger partial charge in [-0.15, -0.1) is 0 Å². The molecule has 2 aromatic rings. The van der Waals surface area contributed by atoms with Crippen molar-refractivity contribution in [2.75, 3.05) is 5.32 Å². The van der Waals surface area contributed by atoms with E-state index in [1.54, 1.807) is 6.08 Å². The Hall–Kier alpha value is -2.36. The summed E-state index contributed by atoms with van der Waals surface area (Å²) in [6.07, 6.45) is 3.37. The molecule has 0 saturated carbocycles. The SMILES string of the molecule is Cc1ccc(C)c(NC(=O)/C=C/c2c(C)nn(C)c2C)c1. The number of anilines is 1. The Morgan fingerprint density at radius 2 is 1.95 bits per heavy atom. The van der Waals surface area contributed by atoms with Crippen LogP contribution in [0.15, 0.2) is 24.3 Å². The topological polar surface area (TPSA) is 46.9 Å². The molecular weight excluding hydrogens is 262 g/mol. The number of carbonyl (C=O) groups is 1. The molecule has 0 bridgehead atoms. The first-order valence-electron chi connectivity index (χ1n) is 6.95. The molecule has 0 unspecified atom stereocenters. The molecule has 0 aliphatic heterocycles. The third kappa shape index (κ3) is 3.40. The van der Waals surface area contributed by atoms with Crippen molar-refractivity contribution in [1.29, 1.82) is 0 Å². The molecule has 0 fully saturated rings. The van der Waals surface area contributed by atoms with Crippen molar-refractivity contribution in [2.45, 2.75) is 27.7 Å². The monoisotopic (exact) mass is 283 g/mol. The van der Waals surface area contributed by atoms with E-state index in [1.807, 2.05) is 63.7 Å². The van der Waals surface area contributed by atoms with E-state index in [4.69, 9.17) is 0 Å². The Labute approximate surface area is 125 Å². The van der Waals surface area contributed by atoms with Crippen molar-refractivity contribution in [3.8, 4) is 0 Å². The molecule has 4 nitrogen and oxygen atoms in total. The molecule has 0 saturated heterocycles. The van der Waals surface area contributed by atoms with Crippen LogP contribution in [0, 0.1) is 27.7 Å². The summed E-state index contributed by atoms with van der Waals surface area (Å²) in [4.78, 5) is 12.1. The lowest BCUT2D eigenvalue weighted by Gasteiger charge is -2.07. The molecule has 2 rings (SSSR count). The lowest BCUT2D eigenvalue weighted by Crippen LogP contribution is -2.09. The second-order valence-corrected chi connectivity index (χ2v) is 5.35. The third-order valence-corrected chi connectivity index (χ3v) is 3.62. The molecule has 0 spiro atoms. The number of carbonyl (C=O) groups excluding carboxylic acids is 1. The summed E-state index contributed by atoms with van der Waals surface area (Å²) in [7, 11) is 1.90. The highest BCUT2D eigenvalue weighted by atomic mass is 16.1. The predicted octanol–water partition coefficient (Wildman–Crippen LogP) is 3.31. The molecule has 0 aliphatic carbocycles. The summed E-state index contributed by atoms with van der Waals surface area (Å²) in [5.74, 6) is -0.133. The summed E-state index contributed by atoms with van der Waals surface area (Å²) in [5, 5.41) is 7.25. The maximum atomic E-state index is 12.1. The van der Waals surface area contributed by atoms with E-state index in [1.165, 1.54) is 0 Å². The Morgan fingerprint density at radius 3 is 2.57 bits per heavy atom. The molecule has 0 radical (unpaired) electrons. The van der Waals surface area contributed by atoms with Crippen LogP contribution in [0.2, 0.25) is 0 Å². The zero-order valence-electron chi connectivity index (χ0n) is 13.2. The van der Waals surface area contributed by atoms with Crippen molar-refractivity contribution >= 4 is 17.7 Å². The molecule has 1 N–H and O–H groups in total. The number of rotatable bonds is 3. The highest BCUT2D eigenvalue weighted by Crippen LogP contribution is 2.17. The number of nitrogens with one attached hydrogen (secondary N) is 1. The molecule has 21 heavy (non-hydrogen) atoms. The molecule has 0 atom stereocenters. The van der Waals surface area contributed by atoms with Gasteiger partial charge in [-0.3, -0.25) is 9.48 Å². The van der Waals surface area contributed by atoms with Crippen LogP contribution in [0.3, 0.4) is 0 Å². The number of aryl methyl sites for hydroxylation is 4. The van der Waals surface area contributed by atoms with E-state index in [-0.39, 0.29) is 5.91 Å². The first kappa shape index (κ1) is 15.0. The van der Waals surface area contributed by atoms with E-state index >= 15 is 0 Å². The molecule has 1 heterocycles. The van der Waals surface area contributed by atoms with Gasteiger partial charge in [-0.05, 0) is 51.0 Å². The number of benzene rings is 1. The zero-order valence-corrected chi connectivity index (χ0v) is 13.2. The van der Waals surface area contributed by atoms with Gasteiger partial charge in [0.25, 0.3) is 0 Å². The van der Waals surface area contributed by atoms with Gasteiger partial charge in [0.1, 0.15) is 0 Å². The fraction of sp³-hybridized carbons (Fsp3) is 0.294. The fourth-order valence-electron chi connectivity index (χ4n) is 2.24. The van der Waals surface area contributed by atoms with Crippen molar-refractivity contribution in [2.24, 2.45) is 7.05 Å². The maximum absolute atomic E-state index is 12.1. The molecule has 110 valence electrons. The zero-order chi connectivity index (χ0) is 15.6. The first-order chi connectivity index (χ1) is 9.88. The van der Waals surface area contributed by atoms with Crippen molar-refractivity contribution in [3.05, 3.63) is 52.4 Å². The number of aromatic nitrogens is 2. The largest absolute Gasteiger partial charge is 0.322 e. The van der Waals surface area contributed by atoms with Gasteiger partial charge in [-0.2, -0.15) is 5.10 Å². The fourth-order valence-corrected chi connectivity index (χ4v) is 2.24. The van der Waals surface area contributed by atoms with E-state index in [2.05, 4.69) is 10.4 Å². The van der Waals surface area contributed by atoms with Crippen LogP contribution in [0.1, 0.15) is 28.1 Å². The van der Waals surface area contributed by atoms with Crippen molar-refractivity contribution in [3.63, 3.8) is 0 Å². The summed E-state index contributed by atoms with van der Waals surface area (Å²) in [5.41, 5.74) is 5.99. The number of hydrogen-bond acceptors (Lipinski definition) is 2. The summed E-state index contributed by atoms with van der Waals surface area (Å²) >= 11 is 0. The van der Waals surface area contributed by atoms with Gasteiger partial charge >= 0.3 is 0 Å². The Kier molecular flexibility index (Phi) is 4.26. The minimum Gasteiger partial charge on any atom is -0.322 e. The maximum Gasteiger partial charge on any atom is 0.248 e. The van der Waals surface area contributed by atoms with Crippen LogP contribution in [-0.2, 0) is 11.8 Å². The van der Waals surface area contributed by atoms with E-state index < -0.39 is 0 Å². The van der Waals surface area contributed by atoms with Crippen LogP contribution < -0.4 is 5.32 Å². The van der Waals surface area contributed by atoms with Gasteiger partial charge in [0.15, 0.2) is 0 Å². The van der Waals surface area contributed by atoms with Gasteiger partial charge in [0, 0.05) is 30.1 Å². The molecule has 1 aromatic carbocycles. The highest BCUT2D eigenvalue weighted by molar-refractivity contribution is 6.02. The standard InChI is InChI=1S/C17H21N3O/c1-11-6-7-12(2)16(10-11)18-17(21)9-8-15-13(3)19-20(5)14(15)4/h6-10H,1-5H3,(H,18,21)/b9-8+. The lowest BCUT2D eigenvalue weighted by molar-refractivity contribution is -0.111. The molecule has 1 amide bonds. The van der Waals surface area contributed by atoms with Crippen molar-refractivity contribution < 1.29 is 4.79 Å². The second-order valence-electron chi connectivity index (χ2n) is 5.35. The third-order valence-electron chi connectivity index (χ3n) is 3.62. The van der Waals surface area contributed by atoms with Crippen LogP contribution in [0.5, 0.6) is 0 Å². The minimum atomic E-state index is -0.133. The van der Waals surface area contributed by atoms with Gasteiger partial charge in [0.2, 0.25) is 5.91 Å². The van der Waals surface area contributed by atoms with Crippen molar-refractivity contribution in [1.82, 2.24) is 9.78 Å². The highest BCUT2D eigenvalue weighted by Gasteiger charge is 2.07. The van der Waals surface area contributed by atoms with Crippen LogP contribution in [0.25, 0.3) is 6.08 Å². The number of nitrogens with zero attached hydrogens (tertiary/aromatic N) is 2. The number of amides is 1. The molecule has 4 heteroatoms. The Balaban J connectivity index is 2.15. The van der Waals surface area contributed by atoms with Gasteiger partial charge in [0.05, 0.1) is 5.69 Å². The molecule has 1 aromatic heterocycles. The average molecular weight is 283 g/mol. The van der Waals surface area contributed by atoms with Gasteiger partial charge < -0.3 is 5.32 Å². The summed E-state index contributed by atoms with van der Waals surface area (Å²) in [6.45, 7) is 7.92. The van der Waals surface area contributed by atoms with E-state index in [0.29, 0.717) is 0 Å². The summed E-state index contributed by atoms with van der Waals surface area (Å²) in [6, 6.07) is 6.01. The smallest absolute Gasteiger partial charge is 0.248 e. The van der Waals surface area contributed by atoms with Crippen LogP contribution >= 0.6 is 0 Å².